The predicted octanol–water partition coefficient (Wildman–Crippen LogP) is 6.42. The van der Waals surface area contributed by atoms with Crippen LogP contribution in [0.2, 0.25) is 0 Å². The molecule has 1 fully saturated rings. The van der Waals surface area contributed by atoms with Crippen LogP contribution in [0.4, 0.5) is 0 Å². The minimum atomic E-state index is -0.0341. The second-order valence-electron chi connectivity index (χ2n) is 7.72. The average molecular weight is 381 g/mol. The normalized spacial score (nSPS) is 19.2. The van der Waals surface area contributed by atoms with Crippen molar-refractivity contribution < 1.29 is 14.3 Å². The van der Waals surface area contributed by atoms with Gasteiger partial charge in [-0.25, -0.2) is 0 Å². The first-order valence-corrected chi connectivity index (χ1v) is 10.7. The fraction of sp³-hybridized carbons (Fsp3) is 0.480. The molecule has 0 heterocycles. The molecule has 0 bridgehead atoms. The van der Waals surface area contributed by atoms with Crippen LogP contribution in [0, 0.1) is 0 Å². The molecule has 2 aromatic carbocycles. The van der Waals surface area contributed by atoms with E-state index in [1.54, 1.807) is 0 Å². The smallest absolute Gasteiger partial charge is 0.306 e. The summed E-state index contributed by atoms with van der Waals surface area (Å²) in [6.07, 6.45) is 8.09. The molecule has 1 saturated carbocycles. The van der Waals surface area contributed by atoms with Crippen LogP contribution in [0.1, 0.15) is 75.3 Å². The van der Waals surface area contributed by atoms with Crippen molar-refractivity contribution in [2.24, 2.45) is 0 Å². The lowest BCUT2D eigenvalue weighted by atomic mass is 9.81. The quantitative estimate of drug-likeness (QED) is 0.372. The number of rotatable bonds is 9. The van der Waals surface area contributed by atoms with Crippen LogP contribution in [0.5, 0.6) is 5.75 Å². The first-order valence-electron chi connectivity index (χ1n) is 10.7. The largest absolute Gasteiger partial charge is 0.489 e. The Morgan fingerprint density at radius 2 is 1.71 bits per heavy atom. The summed E-state index contributed by atoms with van der Waals surface area (Å²) in [5.74, 6) is 1.14. The van der Waals surface area contributed by atoms with Gasteiger partial charge >= 0.3 is 5.97 Å². The second kappa shape index (κ2) is 10.9. The third kappa shape index (κ3) is 6.12. The van der Waals surface area contributed by atoms with Crippen molar-refractivity contribution in [3.63, 3.8) is 0 Å². The lowest BCUT2D eigenvalue weighted by molar-refractivity contribution is -0.151. The van der Waals surface area contributed by atoms with Crippen LogP contribution in [0.25, 0.3) is 0 Å². The van der Waals surface area contributed by atoms with Gasteiger partial charge in [-0.3, -0.25) is 4.79 Å². The van der Waals surface area contributed by atoms with E-state index >= 15 is 0 Å². The van der Waals surface area contributed by atoms with Crippen molar-refractivity contribution in [1.29, 1.82) is 0 Å². The first-order chi connectivity index (χ1) is 13.8. The highest BCUT2D eigenvalue weighted by Crippen LogP contribution is 2.36. The van der Waals surface area contributed by atoms with Crippen LogP contribution in [-0.4, -0.2) is 12.1 Å². The van der Waals surface area contributed by atoms with Gasteiger partial charge in [-0.2, -0.15) is 0 Å². The topological polar surface area (TPSA) is 35.5 Å². The molecule has 0 aromatic heterocycles. The van der Waals surface area contributed by atoms with Gasteiger partial charge in [0.05, 0.1) is 0 Å². The summed E-state index contributed by atoms with van der Waals surface area (Å²) in [7, 11) is 0. The molecule has 150 valence electrons. The van der Waals surface area contributed by atoms with Crippen LogP contribution in [0.15, 0.2) is 54.6 Å². The van der Waals surface area contributed by atoms with Gasteiger partial charge < -0.3 is 9.47 Å². The highest BCUT2D eigenvalue weighted by Gasteiger charge is 2.29. The van der Waals surface area contributed by atoms with Gasteiger partial charge in [-0.15, -0.1) is 0 Å². The van der Waals surface area contributed by atoms with E-state index in [-0.39, 0.29) is 12.1 Å². The first kappa shape index (κ1) is 20.4. The third-order valence-electron chi connectivity index (χ3n) is 5.53. The molecule has 1 aliphatic carbocycles. The van der Waals surface area contributed by atoms with E-state index in [1.807, 2.05) is 30.3 Å². The summed E-state index contributed by atoms with van der Waals surface area (Å²) in [5.41, 5.74) is 2.41. The maximum atomic E-state index is 12.2. The van der Waals surface area contributed by atoms with Crippen molar-refractivity contribution in [3.8, 4) is 5.75 Å². The van der Waals surface area contributed by atoms with Gasteiger partial charge in [0.25, 0.3) is 0 Å². The van der Waals surface area contributed by atoms with Gasteiger partial charge in [0.15, 0.2) is 0 Å². The highest BCUT2D eigenvalue weighted by atomic mass is 16.5. The van der Waals surface area contributed by atoms with Crippen molar-refractivity contribution >= 4 is 5.97 Å². The molecule has 3 heteroatoms. The fourth-order valence-corrected chi connectivity index (χ4v) is 3.92. The summed E-state index contributed by atoms with van der Waals surface area (Å²) in [4.78, 5) is 12.2. The molecule has 0 radical (unpaired) electrons. The number of hydrogen-bond acceptors (Lipinski definition) is 3. The Labute approximate surface area is 169 Å². The Kier molecular flexibility index (Phi) is 7.95. The Hall–Kier alpha value is -2.29. The molecule has 0 amide bonds. The fourth-order valence-electron chi connectivity index (χ4n) is 3.92. The molecule has 2 atom stereocenters. The number of carbonyl (C=O) groups excluding carboxylic acids is 1. The van der Waals surface area contributed by atoms with Crippen LogP contribution < -0.4 is 4.74 Å². The van der Waals surface area contributed by atoms with E-state index in [2.05, 4.69) is 31.2 Å². The highest BCUT2D eigenvalue weighted by molar-refractivity contribution is 5.69. The van der Waals surface area contributed by atoms with E-state index in [0.717, 1.165) is 49.8 Å². The van der Waals surface area contributed by atoms with Crippen molar-refractivity contribution in [3.05, 3.63) is 65.7 Å². The molecule has 0 saturated heterocycles. The number of carbonyl (C=O) groups is 1. The number of benzene rings is 2. The SMILES string of the molecule is CCCCCC(=O)OC1CCCCC1c1ccc(OCc2ccccc2)cc1. The summed E-state index contributed by atoms with van der Waals surface area (Å²) in [6.45, 7) is 2.72. The zero-order chi connectivity index (χ0) is 19.6. The Morgan fingerprint density at radius 3 is 2.46 bits per heavy atom. The predicted molar refractivity (Wildman–Crippen MR) is 112 cm³/mol. The minimum Gasteiger partial charge on any atom is -0.489 e. The van der Waals surface area contributed by atoms with E-state index in [0.29, 0.717) is 18.9 Å². The van der Waals surface area contributed by atoms with Crippen LogP contribution >= 0.6 is 0 Å². The molecular weight excluding hydrogens is 348 g/mol. The molecule has 28 heavy (non-hydrogen) atoms. The molecular formula is C25H32O3. The van der Waals surface area contributed by atoms with Crippen molar-refractivity contribution in [2.75, 3.05) is 0 Å². The van der Waals surface area contributed by atoms with Crippen molar-refractivity contribution in [2.45, 2.75) is 76.9 Å². The monoisotopic (exact) mass is 380 g/mol. The van der Waals surface area contributed by atoms with Crippen molar-refractivity contribution in [1.82, 2.24) is 0 Å². The van der Waals surface area contributed by atoms with E-state index < -0.39 is 0 Å². The zero-order valence-electron chi connectivity index (χ0n) is 16.9. The molecule has 0 N–H and O–H groups in total. The van der Waals surface area contributed by atoms with Gasteiger partial charge in [0, 0.05) is 12.3 Å². The minimum absolute atomic E-state index is 0.0129. The van der Waals surface area contributed by atoms with Gasteiger partial charge in [-0.1, -0.05) is 68.7 Å². The second-order valence-corrected chi connectivity index (χ2v) is 7.72. The summed E-state index contributed by atoms with van der Waals surface area (Å²) >= 11 is 0. The molecule has 2 aromatic rings. The standard InChI is InChI=1S/C25H32O3/c1-2-3-5-14-25(26)28-24-13-9-8-12-23(24)21-15-17-22(18-16-21)27-19-20-10-6-4-7-11-20/h4,6-7,10-11,15-18,23-24H,2-3,5,8-9,12-14,19H2,1H3. The molecule has 0 aliphatic heterocycles. The molecule has 3 rings (SSSR count). The molecule has 3 nitrogen and oxygen atoms in total. The Balaban J connectivity index is 1.56. The third-order valence-corrected chi connectivity index (χ3v) is 5.53. The molecule has 1 aliphatic rings. The maximum Gasteiger partial charge on any atom is 0.306 e. The van der Waals surface area contributed by atoms with Crippen LogP contribution in [-0.2, 0) is 16.1 Å². The lowest BCUT2D eigenvalue weighted by Gasteiger charge is -2.31. The Bertz CT molecular complexity index is 708. The zero-order valence-corrected chi connectivity index (χ0v) is 16.9. The average Bonchev–Trinajstić information content (AvgIpc) is 2.74. The van der Waals surface area contributed by atoms with Gasteiger partial charge in [-0.05, 0) is 48.9 Å². The number of hydrogen-bond donors (Lipinski definition) is 0. The van der Waals surface area contributed by atoms with E-state index in [4.69, 9.17) is 9.47 Å². The van der Waals surface area contributed by atoms with Gasteiger partial charge in [0.1, 0.15) is 18.5 Å². The Morgan fingerprint density at radius 1 is 0.964 bits per heavy atom. The van der Waals surface area contributed by atoms with Gasteiger partial charge in [0.2, 0.25) is 0 Å². The number of ether oxygens (including phenoxy) is 2. The number of unbranched alkanes of at least 4 members (excludes halogenated alkanes) is 2. The van der Waals surface area contributed by atoms with E-state index in [9.17, 15) is 4.79 Å². The van der Waals surface area contributed by atoms with Crippen LogP contribution in [0.3, 0.4) is 0 Å². The molecule has 0 spiro atoms. The number of esters is 1. The summed E-state index contributed by atoms with van der Waals surface area (Å²) < 4.78 is 11.8. The lowest BCUT2D eigenvalue weighted by Crippen LogP contribution is -2.28. The maximum absolute atomic E-state index is 12.2. The molecule has 2 unspecified atom stereocenters. The summed E-state index contributed by atoms with van der Waals surface area (Å²) in [6, 6.07) is 18.5. The van der Waals surface area contributed by atoms with E-state index in [1.165, 1.54) is 12.0 Å². The summed E-state index contributed by atoms with van der Waals surface area (Å²) in [5, 5.41) is 0.